The molecule has 0 saturated carbocycles. The summed E-state index contributed by atoms with van der Waals surface area (Å²) in [6.07, 6.45) is 4.79. The van der Waals surface area contributed by atoms with Crippen LogP contribution in [0.4, 0.5) is 0 Å². The minimum atomic E-state index is -0.108. The van der Waals surface area contributed by atoms with Gasteiger partial charge in [-0.1, -0.05) is 0 Å². The van der Waals surface area contributed by atoms with Gasteiger partial charge in [0.1, 0.15) is 5.69 Å². The van der Waals surface area contributed by atoms with Crippen molar-refractivity contribution < 1.29 is 9.53 Å². The van der Waals surface area contributed by atoms with Gasteiger partial charge in [0, 0.05) is 25.1 Å². The van der Waals surface area contributed by atoms with E-state index in [9.17, 15) is 4.79 Å². The average Bonchev–Trinajstić information content (AvgIpc) is 2.77. The molecule has 2 aromatic heterocycles. The number of hydrogen-bond acceptors (Lipinski definition) is 4. The van der Waals surface area contributed by atoms with Crippen LogP contribution in [-0.4, -0.2) is 34.3 Å². The molecule has 0 N–H and O–H groups in total. The first-order valence-corrected chi connectivity index (χ1v) is 6.18. The lowest BCUT2D eigenvalue weighted by molar-refractivity contribution is 0.102. The molecule has 18 heavy (non-hydrogen) atoms. The number of ether oxygens (including phenoxy) is 1. The molecule has 0 bridgehead atoms. The summed E-state index contributed by atoms with van der Waals surface area (Å²) < 4.78 is 7.30. The molecule has 0 aliphatic rings. The molecule has 0 fully saturated rings. The first kappa shape index (κ1) is 12.9. The smallest absolute Gasteiger partial charge is 0.213 e. The van der Waals surface area contributed by atoms with Gasteiger partial charge in [-0.05, 0) is 28.1 Å². The Morgan fingerprint density at radius 1 is 1.50 bits per heavy atom. The van der Waals surface area contributed by atoms with E-state index in [0.717, 1.165) is 0 Å². The third-order valence-corrected chi connectivity index (χ3v) is 3.02. The van der Waals surface area contributed by atoms with Gasteiger partial charge in [0.05, 0.1) is 23.8 Å². The number of carbonyl (C=O) groups is 1. The summed E-state index contributed by atoms with van der Waals surface area (Å²) in [6, 6.07) is 3.46. The van der Waals surface area contributed by atoms with Gasteiger partial charge in [0.15, 0.2) is 0 Å². The lowest BCUT2D eigenvalue weighted by Crippen LogP contribution is -2.14. The van der Waals surface area contributed by atoms with Crippen LogP contribution in [-0.2, 0) is 11.3 Å². The zero-order valence-corrected chi connectivity index (χ0v) is 11.4. The maximum atomic E-state index is 12.3. The summed E-state index contributed by atoms with van der Waals surface area (Å²) in [5.41, 5.74) is 1.05. The lowest BCUT2D eigenvalue weighted by atomic mass is 10.1. The zero-order valence-electron chi connectivity index (χ0n) is 9.84. The van der Waals surface area contributed by atoms with Crippen molar-refractivity contribution in [2.24, 2.45) is 0 Å². The van der Waals surface area contributed by atoms with E-state index in [1.165, 1.54) is 0 Å². The second-order valence-electron chi connectivity index (χ2n) is 3.63. The third kappa shape index (κ3) is 2.65. The molecule has 0 atom stereocenters. The number of rotatable bonds is 5. The van der Waals surface area contributed by atoms with Gasteiger partial charge < -0.3 is 4.74 Å². The van der Waals surface area contributed by atoms with Gasteiger partial charge in [-0.25, -0.2) is 0 Å². The Morgan fingerprint density at radius 2 is 2.33 bits per heavy atom. The van der Waals surface area contributed by atoms with Crippen LogP contribution in [0.25, 0.3) is 0 Å². The summed E-state index contributed by atoms with van der Waals surface area (Å²) in [4.78, 5) is 16.3. The Bertz CT molecular complexity index is 540. The van der Waals surface area contributed by atoms with E-state index in [0.29, 0.717) is 28.9 Å². The zero-order chi connectivity index (χ0) is 13.0. The molecule has 5 nitrogen and oxygen atoms in total. The van der Waals surface area contributed by atoms with Crippen LogP contribution in [0.2, 0.25) is 0 Å². The summed E-state index contributed by atoms with van der Waals surface area (Å²) in [5, 5.41) is 4.15. The molecule has 0 aliphatic heterocycles. The average molecular weight is 310 g/mol. The second-order valence-corrected chi connectivity index (χ2v) is 4.48. The largest absolute Gasteiger partial charge is 0.383 e. The Kier molecular flexibility index (Phi) is 4.22. The summed E-state index contributed by atoms with van der Waals surface area (Å²) in [6.45, 7) is 1.03. The Balaban J connectivity index is 2.32. The molecule has 6 heteroatoms. The molecular weight excluding hydrogens is 298 g/mol. The van der Waals surface area contributed by atoms with Gasteiger partial charge in [0.2, 0.25) is 5.78 Å². The number of halogens is 1. The number of ketones is 1. The highest BCUT2D eigenvalue weighted by Gasteiger charge is 2.18. The number of nitrogens with zero attached hydrogens (tertiary/aromatic N) is 3. The number of methoxy groups -OCH3 is 1. The van der Waals surface area contributed by atoms with Crippen LogP contribution in [0.3, 0.4) is 0 Å². The highest BCUT2D eigenvalue weighted by atomic mass is 79.9. The van der Waals surface area contributed by atoms with E-state index in [4.69, 9.17) is 4.74 Å². The number of hydrogen-bond donors (Lipinski definition) is 0. The van der Waals surface area contributed by atoms with Crippen molar-refractivity contribution in [3.63, 3.8) is 0 Å². The van der Waals surface area contributed by atoms with E-state index in [2.05, 4.69) is 26.0 Å². The first-order valence-electron chi connectivity index (χ1n) is 5.39. The van der Waals surface area contributed by atoms with Crippen molar-refractivity contribution in [3.8, 4) is 0 Å². The van der Waals surface area contributed by atoms with E-state index in [-0.39, 0.29) is 5.78 Å². The van der Waals surface area contributed by atoms with Crippen LogP contribution < -0.4 is 0 Å². The molecule has 0 amide bonds. The Hall–Kier alpha value is -1.53. The van der Waals surface area contributed by atoms with E-state index in [1.807, 2.05) is 0 Å². The normalized spacial score (nSPS) is 10.6. The fourth-order valence-electron chi connectivity index (χ4n) is 1.57. The van der Waals surface area contributed by atoms with E-state index >= 15 is 0 Å². The monoisotopic (exact) mass is 309 g/mol. The first-order chi connectivity index (χ1) is 8.74. The molecule has 0 spiro atoms. The van der Waals surface area contributed by atoms with Crippen molar-refractivity contribution in [2.75, 3.05) is 13.7 Å². The Labute approximate surface area is 113 Å². The highest BCUT2D eigenvalue weighted by molar-refractivity contribution is 9.10. The van der Waals surface area contributed by atoms with Crippen molar-refractivity contribution >= 4 is 21.7 Å². The molecule has 0 unspecified atom stereocenters. The highest BCUT2D eigenvalue weighted by Crippen LogP contribution is 2.19. The maximum Gasteiger partial charge on any atom is 0.213 e. The van der Waals surface area contributed by atoms with Crippen LogP contribution >= 0.6 is 15.9 Å². The van der Waals surface area contributed by atoms with Crippen molar-refractivity contribution in [2.45, 2.75) is 6.54 Å². The number of pyridine rings is 1. The van der Waals surface area contributed by atoms with E-state index < -0.39 is 0 Å². The molecular formula is C12H12BrN3O2. The predicted molar refractivity (Wildman–Crippen MR) is 69.5 cm³/mol. The van der Waals surface area contributed by atoms with Gasteiger partial charge in [0.25, 0.3) is 0 Å². The van der Waals surface area contributed by atoms with Crippen LogP contribution in [0, 0.1) is 0 Å². The number of carbonyl (C=O) groups excluding carboxylic acids is 1. The standard InChI is InChI=1S/C12H12BrN3O2/c1-18-6-5-16-11(10(13)8-15-16)12(17)9-3-2-4-14-7-9/h2-4,7-8H,5-6H2,1H3. The fourth-order valence-corrected chi connectivity index (χ4v) is 2.05. The molecule has 2 heterocycles. The molecule has 0 radical (unpaired) electrons. The molecule has 0 saturated heterocycles. The van der Waals surface area contributed by atoms with Gasteiger partial charge >= 0.3 is 0 Å². The predicted octanol–water partition coefficient (Wildman–Crippen LogP) is 1.92. The van der Waals surface area contributed by atoms with Crippen molar-refractivity contribution in [1.29, 1.82) is 0 Å². The molecule has 0 aromatic carbocycles. The molecule has 94 valence electrons. The quantitative estimate of drug-likeness (QED) is 0.792. The van der Waals surface area contributed by atoms with Gasteiger partial charge in [-0.3, -0.25) is 14.5 Å². The SMILES string of the molecule is COCCn1ncc(Br)c1C(=O)c1cccnc1. The van der Waals surface area contributed by atoms with E-state index in [1.54, 1.807) is 42.5 Å². The Morgan fingerprint density at radius 3 is 3.00 bits per heavy atom. The fraction of sp³-hybridized carbons (Fsp3) is 0.250. The van der Waals surface area contributed by atoms with Crippen LogP contribution in [0.1, 0.15) is 16.1 Å². The summed E-state index contributed by atoms with van der Waals surface area (Å²) in [5.74, 6) is -0.108. The maximum absolute atomic E-state index is 12.3. The minimum Gasteiger partial charge on any atom is -0.383 e. The van der Waals surface area contributed by atoms with Crippen molar-refractivity contribution in [3.05, 3.63) is 46.5 Å². The lowest BCUT2D eigenvalue weighted by Gasteiger charge is -2.06. The van der Waals surface area contributed by atoms with Crippen molar-refractivity contribution in [1.82, 2.24) is 14.8 Å². The van der Waals surface area contributed by atoms with Crippen LogP contribution in [0.15, 0.2) is 35.2 Å². The van der Waals surface area contributed by atoms with Gasteiger partial charge in [-0.2, -0.15) is 5.10 Å². The summed E-state index contributed by atoms with van der Waals surface area (Å²) in [7, 11) is 1.61. The second kappa shape index (κ2) is 5.88. The third-order valence-electron chi connectivity index (χ3n) is 2.44. The van der Waals surface area contributed by atoms with Crippen LogP contribution in [0.5, 0.6) is 0 Å². The molecule has 2 aromatic rings. The number of aromatic nitrogens is 3. The van der Waals surface area contributed by atoms with Gasteiger partial charge in [-0.15, -0.1) is 0 Å². The minimum absolute atomic E-state index is 0.108. The molecule has 2 rings (SSSR count). The summed E-state index contributed by atoms with van der Waals surface area (Å²) >= 11 is 3.34. The molecule has 0 aliphatic carbocycles. The topological polar surface area (TPSA) is 57.0 Å².